The summed E-state index contributed by atoms with van der Waals surface area (Å²) >= 11 is 0. The van der Waals surface area contributed by atoms with Gasteiger partial charge in [0.15, 0.2) is 0 Å². The van der Waals surface area contributed by atoms with Gasteiger partial charge in [-0.25, -0.2) is 4.79 Å². The molecule has 5 aliphatic rings. The van der Waals surface area contributed by atoms with Crippen LogP contribution in [0.2, 0.25) is 0 Å². The molecule has 4 fully saturated rings. The van der Waals surface area contributed by atoms with Crippen LogP contribution in [0.1, 0.15) is 50.5 Å². The van der Waals surface area contributed by atoms with Gasteiger partial charge < -0.3 is 15.0 Å². The van der Waals surface area contributed by atoms with E-state index >= 15 is 0 Å². The molecule has 0 radical (unpaired) electrons. The van der Waals surface area contributed by atoms with Crippen LogP contribution >= 0.6 is 0 Å². The van der Waals surface area contributed by atoms with Crippen LogP contribution in [-0.4, -0.2) is 77.4 Å². The van der Waals surface area contributed by atoms with Crippen molar-refractivity contribution in [1.29, 1.82) is 0 Å². The highest BCUT2D eigenvalue weighted by molar-refractivity contribution is 6.05. The van der Waals surface area contributed by atoms with E-state index < -0.39 is 12.1 Å². The predicted molar refractivity (Wildman–Crippen MR) is 134 cm³/mol. The van der Waals surface area contributed by atoms with Crippen molar-refractivity contribution in [2.75, 3.05) is 26.7 Å². The zero-order chi connectivity index (χ0) is 24.8. The molecule has 5 atom stereocenters. The van der Waals surface area contributed by atoms with Crippen molar-refractivity contribution in [2.24, 2.45) is 11.8 Å². The van der Waals surface area contributed by atoms with Crippen molar-refractivity contribution >= 4 is 17.8 Å². The number of benzene rings is 1. The molecular weight excluding hydrogens is 456 g/mol. The highest BCUT2D eigenvalue weighted by Gasteiger charge is 2.48. The summed E-state index contributed by atoms with van der Waals surface area (Å²) in [6, 6.07) is 6.90. The Morgan fingerprint density at radius 2 is 2.00 bits per heavy atom. The first-order chi connectivity index (χ1) is 17.5. The number of para-hydroxylation sites is 1. The summed E-state index contributed by atoms with van der Waals surface area (Å²) in [6.07, 6.45) is 9.60. The van der Waals surface area contributed by atoms with E-state index in [1.54, 1.807) is 7.11 Å². The number of hydrogen-bond acceptors (Lipinski definition) is 5. The minimum Gasteiger partial charge on any atom is -0.496 e. The van der Waals surface area contributed by atoms with Crippen molar-refractivity contribution in [1.82, 2.24) is 20.0 Å². The van der Waals surface area contributed by atoms with Gasteiger partial charge in [0.05, 0.1) is 26.1 Å². The quantitative estimate of drug-likeness (QED) is 0.505. The Kier molecular flexibility index (Phi) is 6.23. The molecule has 6 rings (SSSR count). The molecule has 1 aromatic carbocycles. The second-order valence-corrected chi connectivity index (χ2v) is 11.0. The third-order valence-corrected chi connectivity index (χ3v) is 8.98. The van der Waals surface area contributed by atoms with Crippen molar-refractivity contribution in [3.8, 4) is 5.75 Å². The molecule has 0 saturated carbocycles. The number of nitrogens with one attached hydrogen (secondary N) is 1. The number of urea groups is 1. The Bertz CT molecular complexity index is 1090. The molecule has 4 saturated heterocycles. The molecule has 1 N–H and O–H groups in total. The molecule has 0 aromatic heterocycles. The molecule has 4 amide bonds. The number of hydrogen-bond donors (Lipinski definition) is 1. The second kappa shape index (κ2) is 9.54. The maximum absolute atomic E-state index is 13.6. The predicted octanol–water partition coefficient (Wildman–Crippen LogP) is 2.93. The van der Waals surface area contributed by atoms with E-state index in [2.05, 4.69) is 16.3 Å². The Hall–Kier alpha value is -2.87. The first-order valence-electron chi connectivity index (χ1n) is 13.5. The zero-order valence-electron chi connectivity index (χ0n) is 21.0. The summed E-state index contributed by atoms with van der Waals surface area (Å²) in [5.74, 6) is 1.34. The van der Waals surface area contributed by atoms with Gasteiger partial charge in [-0.2, -0.15) is 0 Å². The Morgan fingerprint density at radius 3 is 2.86 bits per heavy atom. The van der Waals surface area contributed by atoms with Crippen LogP contribution < -0.4 is 10.1 Å². The number of nitrogens with zero attached hydrogens (tertiary/aromatic N) is 3. The Morgan fingerprint density at radius 1 is 1.14 bits per heavy atom. The molecule has 8 heteroatoms. The first-order valence-corrected chi connectivity index (χ1v) is 13.5. The van der Waals surface area contributed by atoms with Crippen LogP contribution in [0.25, 0.3) is 0 Å². The molecule has 2 bridgehead atoms. The average molecular weight is 493 g/mol. The number of piperidine rings is 3. The smallest absolute Gasteiger partial charge is 0.325 e. The average Bonchev–Trinajstić information content (AvgIpc) is 3.16. The molecular formula is C28H36N4O4. The minimum atomic E-state index is -0.816. The third kappa shape index (κ3) is 4.09. The highest BCUT2D eigenvalue weighted by atomic mass is 16.5. The van der Waals surface area contributed by atoms with Crippen LogP contribution in [0.5, 0.6) is 5.75 Å². The molecule has 4 aliphatic heterocycles. The van der Waals surface area contributed by atoms with Crippen LogP contribution in [0.4, 0.5) is 4.79 Å². The van der Waals surface area contributed by atoms with E-state index in [1.165, 1.54) is 36.3 Å². The summed E-state index contributed by atoms with van der Waals surface area (Å²) in [4.78, 5) is 45.3. The van der Waals surface area contributed by atoms with Crippen molar-refractivity contribution in [2.45, 2.75) is 69.6 Å². The topological polar surface area (TPSA) is 82.2 Å². The molecule has 1 aromatic rings. The number of ether oxygens (including phenoxy) is 1. The molecule has 0 spiro atoms. The van der Waals surface area contributed by atoms with Crippen molar-refractivity contribution in [3.05, 3.63) is 41.5 Å². The standard InChI is InChI=1S/C28H36N4O4/c1-36-24-10-3-2-7-19(24)17-32-27(34)22(29-28(32)35)15-25(33)31-12-6-8-18-13-20-14-21(26(18)31)16-30-11-5-4-9-23(20)30/h2-3,7,10,13,20-23,26H,4-6,8-9,11-12,14-17H2,1H3,(H,29,35)/t20-,21-,22+,23-,26-/m0/s1. The molecule has 4 heterocycles. The fourth-order valence-corrected chi connectivity index (χ4v) is 7.41. The van der Waals surface area contributed by atoms with Crippen LogP contribution in [0, 0.1) is 11.8 Å². The number of carbonyl (C=O) groups excluding carboxylic acids is 3. The number of methoxy groups -OCH3 is 1. The number of rotatable bonds is 5. The van der Waals surface area contributed by atoms with Gasteiger partial charge in [-0.05, 0) is 56.6 Å². The van der Waals surface area contributed by atoms with Gasteiger partial charge >= 0.3 is 6.03 Å². The van der Waals surface area contributed by atoms with E-state index in [0.29, 0.717) is 23.6 Å². The van der Waals surface area contributed by atoms with Crippen LogP contribution in [-0.2, 0) is 16.1 Å². The lowest BCUT2D eigenvalue weighted by Gasteiger charge is -2.54. The van der Waals surface area contributed by atoms with E-state index in [0.717, 1.165) is 37.9 Å². The molecule has 192 valence electrons. The number of amides is 4. The lowest BCUT2D eigenvalue weighted by Crippen LogP contribution is -2.60. The summed E-state index contributed by atoms with van der Waals surface area (Å²) < 4.78 is 5.37. The lowest BCUT2D eigenvalue weighted by atomic mass is 9.68. The number of fused-ring (bicyclic) bond motifs is 6. The van der Waals surface area contributed by atoms with E-state index in [-0.39, 0.29) is 30.8 Å². The molecule has 1 aliphatic carbocycles. The van der Waals surface area contributed by atoms with Gasteiger partial charge in [-0.1, -0.05) is 36.3 Å². The summed E-state index contributed by atoms with van der Waals surface area (Å²) in [5.41, 5.74) is 2.19. The number of imide groups is 1. The largest absolute Gasteiger partial charge is 0.496 e. The van der Waals surface area contributed by atoms with Gasteiger partial charge in [0.1, 0.15) is 11.8 Å². The summed E-state index contributed by atoms with van der Waals surface area (Å²) in [6.45, 7) is 3.09. The monoisotopic (exact) mass is 492 g/mol. The van der Waals surface area contributed by atoms with Gasteiger partial charge in [0.25, 0.3) is 5.91 Å². The van der Waals surface area contributed by atoms with E-state index in [9.17, 15) is 14.4 Å². The van der Waals surface area contributed by atoms with E-state index in [4.69, 9.17) is 4.74 Å². The second-order valence-electron chi connectivity index (χ2n) is 11.0. The van der Waals surface area contributed by atoms with Gasteiger partial charge in [-0.3, -0.25) is 19.4 Å². The SMILES string of the molecule is COc1ccccc1CN1C(=O)N[C@H](CC(=O)N2CCCC3=C[C@H]4C[C@@H](CN5CCCC[C@@H]45)[C@H]32)C1=O. The summed E-state index contributed by atoms with van der Waals surface area (Å²) in [5, 5.41) is 2.76. The highest BCUT2D eigenvalue weighted by Crippen LogP contribution is 2.45. The van der Waals surface area contributed by atoms with Crippen LogP contribution in [0.3, 0.4) is 0 Å². The van der Waals surface area contributed by atoms with E-state index in [1.807, 2.05) is 29.2 Å². The van der Waals surface area contributed by atoms with Crippen molar-refractivity contribution < 1.29 is 19.1 Å². The minimum absolute atomic E-state index is 0.0132. The number of carbonyl (C=O) groups is 3. The maximum atomic E-state index is 13.6. The van der Waals surface area contributed by atoms with Gasteiger partial charge in [0.2, 0.25) is 5.91 Å². The lowest BCUT2D eigenvalue weighted by molar-refractivity contribution is -0.139. The van der Waals surface area contributed by atoms with Crippen LogP contribution in [0.15, 0.2) is 35.9 Å². The molecule has 0 unspecified atom stereocenters. The third-order valence-electron chi connectivity index (χ3n) is 8.98. The Labute approximate surface area is 212 Å². The summed E-state index contributed by atoms with van der Waals surface area (Å²) in [7, 11) is 1.57. The molecule has 36 heavy (non-hydrogen) atoms. The maximum Gasteiger partial charge on any atom is 0.325 e. The fourth-order valence-electron chi connectivity index (χ4n) is 7.41. The van der Waals surface area contributed by atoms with Gasteiger partial charge in [0, 0.05) is 24.7 Å². The fraction of sp³-hybridized carbons (Fsp3) is 0.607. The van der Waals surface area contributed by atoms with Crippen molar-refractivity contribution in [3.63, 3.8) is 0 Å². The normalized spacial score (nSPS) is 31.9. The molecule has 8 nitrogen and oxygen atoms in total. The van der Waals surface area contributed by atoms with Gasteiger partial charge in [-0.15, -0.1) is 0 Å². The first kappa shape index (κ1) is 23.5. The Balaban J connectivity index is 1.15. The number of likely N-dealkylation sites (tertiary alicyclic amines) is 1. The zero-order valence-corrected chi connectivity index (χ0v) is 21.0.